The lowest BCUT2D eigenvalue weighted by Gasteiger charge is -2.07. The molecule has 0 aromatic heterocycles. The molecule has 110 valence electrons. The maximum atomic E-state index is 12.0. The molecular formula is C16H14BrClO3. The summed E-state index contributed by atoms with van der Waals surface area (Å²) in [5.74, 6) is 0.603. The number of ketones is 1. The van der Waals surface area contributed by atoms with Crippen LogP contribution in [0.15, 0.2) is 46.9 Å². The third-order valence-electron chi connectivity index (χ3n) is 2.86. The number of ether oxygens (including phenoxy) is 2. The summed E-state index contributed by atoms with van der Waals surface area (Å²) in [6.45, 7) is 0.370. The number of rotatable bonds is 6. The number of carbonyl (C=O) groups excluding carboxylic acids is 1. The van der Waals surface area contributed by atoms with E-state index in [-0.39, 0.29) is 12.4 Å². The summed E-state index contributed by atoms with van der Waals surface area (Å²) in [6, 6.07) is 12.6. The molecule has 0 aliphatic heterocycles. The first kappa shape index (κ1) is 16.0. The van der Waals surface area contributed by atoms with Gasteiger partial charge in [-0.25, -0.2) is 0 Å². The quantitative estimate of drug-likeness (QED) is 0.703. The van der Waals surface area contributed by atoms with Crippen LogP contribution < -0.4 is 4.74 Å². The van der Waals surface area contributed by atoms with Crippen molar-refractivity contribution in [3.05, 3.63) is 63.1 Å². The zero-order chi connectivity index (χ0) is 15.2. The van der Waals surface area contributed by atoms with E-state index in [1.165, 1.54) is 0 Å². The van der Waals surface area contributed by atoms with Crippen molar-refractivity contribution in [3.8, 4) is 5.75 Å². The summed E-state index contributed by atoms with van der Waals surface area (Å²) in [4.78, 5) is 12.0. The summed E-state index contributed by atoms with van der Waals surface area (Å²) < 4.78 is 11.3. The Hall–Kier alpha value is -1.36. The summed E-state index contributed by atoms with van der Waals surface area (Å²) in [5.41, 5.74) is 1.51. The van der Waals surface area contributed by atoms with E-state index >= 15 is 0 Å². The molecule has 3 nitrogen and oxygen atoms in total. The molecule has 5 heteroatoms. The van der Waals surface area contributed by atoms with Crippen molar-refractivity contribution in [2.45, 2.75) is 6.61 Å². The highest BCUT2D eigenvalue weighted by Gasteiger charge is 2.09. The summed E-state index contributed by atoms with van der Waals surface area (Å²) >= 11 is 9.24. The Balaban J connectivity index is 1.91. The van der Waals surface area contributed by atoms with Gasteiger partial charge in [0.15, 0.2) is 5.78 Å². The lowest BCUT2D eigenvalue weighted by Crippen LogP contribution is -2.09. The Labute approximate surface area is 137 Å². The van der Waals surface area contributed by atoms with Crippen LogP contribution in [0.2, 0.25) is 5.02 Å². The molecular weight excluding hydrogens is 356 g/mol. The molecule has 0 atom stereocenters. The first-order chi connectivity index (χ1) is 10.1. The van der Waals surface area contributed by atoms with E-state index in [1.807, 2.05) is 18.2 Å². The smallest absolute Gasteiger partial charge is 0.188 e. The molecule has 0 saturated carbocycles. The zero-order valence-electron chi connectivity index (χ0n) is 11.4. The number of hydrogen-bond acceptors (Lipinski definition) is 3. The van der Waals surface area contributed by atoms with Crippen LogP contribution in [0.25, 0.3) is 0 Å². The first-order valence-electron chi connectivity index (χ1n) is 6.29. The molecule has 2 aromatic rings. The van der Waals surface area contributed by atoms with Gasteiger partial charge < -0.3 is 9.47 Å². The maximum Gasteiger partial charge on any atom is 0.188 e. The minimum Gasteiger partial charge on any atom is -0.496 e. The molecule has 0 heterocycles. The number of benzene rings is 2. The van der Waals surface area contributed by atoms with Gasteiger partial charge in [0.1, 0.15) is 12.4 Å². The van der Waals surface area contributed by atoms with Crippen LogP contribution in [-0.4, -0.2) is 19.5 Å². The number of Topliss-reactive ketones (excluding diaryl/α,β-unsaturated/α-hetero) is 1. The van der Waals surface area contributed by atoms with Crippen LogP contribution in [0.4, 0.5) is 0 Å². The van der Waals surface area contributed by atoms with Crippen molar-refractivity contribution < 1.29 is 14.3 Å². The Bertz CT molecular complexity index is 643. The van der Waals surface area contributed by atoms with Gasteiger partial charge in [0.2, 0.25) is 0 Å². The summed E-state index contributed by atoms with van der Waals surface area (Å²) in [6.07, 6.45) is 0. The van der Waals surface area contributed by atoms with E-state index in [4.69, 9.17) is 21.1 Å². The van der Waals surface area contributed by atoms with Gasteiger partial charge in [0, 0.05) is 10.6 Å². The Morgan fingerprint density at radius 2 is 2.05 bits per heavy atom. The van der Waals surface area contributed by atoms with Crippen LogP contribution in [0.5, 0.6) is 5.75 Å². The van der Waals surface area contributed by atoms with E-state index in [0.717, 1.165) is 10.0 Å². The molecule has 0 aliphatic rings. The minimum atomic E-state index is -0.0830. The average Bonchev–Trinajstić information content (AvgIpc) is 2.47. The molecule has 0 unspecified atom stereocenters. The summed E-state index contributed by atoms with van der Waals surface area (Å²) in [5, 5.41) is 0.654. The first-order valence-corrected chi connectivity index (χ1v) is 7.46. The fourth-order valence-electron chi connectivity index (χ4n) is 1.81. The third kappa shape index (κ3) is 4.56. The monoisotopic (exact) mass is 368 g/mol. The molecule has 0 amide bonds. The number of carbonyl (C=O) groups is 1. The van der Waals surface area contributed by atoms with Crippen molar-refractivity contribution in [2.24, 2.45) is 0 Å². The van der Waals surface area contributed by atoms with Crippen LogP contribution in [0.3, 0.4) is 0 Å². The molecule has 0 fully saturated rings. The second-order valence-corrected chi connectivity index (χ2v) is 5.69. The Kier molecular flexibility index (Phi) is 5.79. The van der Waals surface area contributed by atoms with Gasteiger partial charge >= 0.3 is 0 Å². The second kappa shape index (κ2) is 7.59. The van der Waals surface area contributed by atoms with Gasteiger partial charge in [0.05, 0.1) is 18.2 Å². The Morgan fingerprint density at radius 3 is 2.71 bits per heavy atom. The zero-order valence-corrected chi connectivity index (χ0v) is 13.8. The lowest BCUT2D eigenvalue weighted by molar-refractivity contribution is 0.0726. The molecule has 21 heavy (non-hydrogen) atoms. The van der Waals surface area contributed by atoms with Crippen molar-refractivity contribution >= 4 is 33.3 Å². The highest BCUT2D eigenvalue weighted by Crippen LogP contribution is 2.25. The van der Waals surface area contributed by atoms with E-state index in [1.54, 1.807) is 31.4 Å². The van der Waals surface area contributed by atoms with Crippen molar-refractivity contribution in [1.29, 1.82) is 0 Å². The normalized spacial score (nSPS) is 10.4. The van der Waals surface area contributed by atoms with Crippen LogP contribution in [0, 0.1) is 0 Å². The van der Waals surface area contributed by atoms with E-state index < -0.39 is 0 Å². The van der Waals surface area contributed by atoms with Crippen molar-refractivity contribution in [1.82, 2.24) is 0 Å². The molecule has 0 N–H and O–H groups in total. The number of halogens is 2. The van der Waals surface area contributed by atoms with Crippen LogP contribution in [-0.2, 0) is 11.3 Å². The predicted molar refractivity (Wildman–Crippen MR) is 86.1 cm³/mol. The minimum absolute atomic E-state index is 0.0191. The van der Waals surface area contributed by atoms with Crippen LogP contribution >= 0.6 is 27.5 Å². The average molecular weight is 370 g/mol. The third-order valence-corrected chi connectivity index (χ3v) is 3.72. The highest BCUT2D eigenvalue weighted by molar-refractivity contribution is 9.10. The molecule has 0 bridgehead atoms. The van der Waals surface area contributed by atoms with E-state index in [9.17, 15) is 4.79 Å². The van der Waals surface area contributed by atoms with Crippen molar-refractivity contribution in [3.63, 3.8) is 0 Å². The molecule has 0 aliphatic carbocycles. The van der Waals surface area contributed by atoms with Gasteiger partial charge in [-0.05, 0) is 51.8 Å². The second-order valence-electron chi connectivity index (χ2n) is 4.40. The topological polar surface area (TPSA) is 35.5 Å². The highest BCUT2D eigenvalue weighted by atomic mass is 79.9. The fourth-order valence-corrected chi connectivity index (χ4v) is 2.57. The van der Waals surface area contributed by atoms with E-state index in [2.05, 4.69) is 15.9 Å². The summed E-state index contributed by atoms with van der Waals surface area (Å²) in [7, 11) is 1.58. The Morgan fingerprint density at radius 1 is 1.24 bits per heavy atom. The lowest BCUT2D eigenvalue weighted by atomic mass is 10.1. The maximum absolute atomic E-state index is 12.0. The molecule has 0 radical (unpaired) electrons. The number of methoxy groups -OCH3 is 1. The molecule has 0 spiro atoms. The standard InChI is InChI=1S/C16H14BrClO3/c1-20-16-6-5-12(8-14(16)17)15(19)10-21-9-11-3-2-4-13(18)7-11/h2-8H,9-10H2,1H3. The number of hydrogen-bond donors (Lipinski definition) is 0. The fraction of sp³-hybridized carbons (Fsp3) is 0.188. The SMILES string of the molecule is COc1ccc(C(=O)COCc2cccc(Cl)c2)cc1Br. The predicted octanol–water partition coefficient (Wildman–Crippen LogP) is 4.51. The van der Waals surface area contributed by atoms with Gasteiger partial charge in [-0.2, -0.15) is 0 Å². The van der Waals surface area contributed by atoms with Gasteiger partial charge in [-0.15, -0.1) is 0 Å². The van der Waals surface area contributed by atoms with Gasteiger partial charge in [0.25, 0.3) is 0 Å². The largest absolute Gasteiger partial charge is 0.496 e. The van der Waals surface area contributed by atoms with Crippen molar-refractivity contribution in [2.75, 3.05) is 13.7 Å². The molecule has 0 saturated heterocycles. The van der Waals surface area contributed by atoms with Crippen LogP contribution in [0.1, 0.15) is 15.9 Å². The van der Waals surface area contributed by atoms with E-state index in [0.29, 0.717) is 22.9 Å². The van der Waals surface area contributed by atoms with Gasteiger partial charge in [-0.1, -0.05) is 23.7 Å². The molecule has 2 aromatic carbocycles. The molecule has 2 rings (SSSR count). The van der Waals surface area contributed by atoms with Gasteiger partial charge in [-0.3, -0.25) is 4.79 Å².